The maximum absolute atomic E-state index is 11.8. The van der Waals surface area contributed by atoms with Gasteiger partial charge >= 0.3 is 12.4 Å². The summed E-state index contributed by atoms with van der Waals surface area (Å²) in [4.78, 5) is 13.2. The lowest BCUT2D eigenvalue weighted by Gasteiger charge is -2.03. The molecule has 0 fully saturated rings. The van der Waals surface area contributed by atoms with Crippen LogP contribution < -0.4 is 0 Å². The zero-order valence-electron chi connectivity index (χ0n) is 10.1. The van der Waals surface area contributed by atoms with Crippen LogP contribution in [0.4, 0.5) is 26.3 Å². The van der Waals surface area contributed by atoms with Gasteiger partial charge in [-0.3, -0.25) is 0 Å². The molecule has 0 amide bonds. The standard InChI is InChI=1S/C5H2ClF3N2.C5H2F3IN2/c6-4-10-1-3(2-11-4)5(7,8)9;6-5(7,8)3-1-10-4(9)11-2-3/h2*1-2H. The Morgan fingerprint density at radius 1 is 0.727 bits per heavy atom. The van der Waals surface area contributed by atoms with Gasteiger partial charge in [0.1, 0.15) is 0 Å². The predicted molar refractivity (Wildman–Crippen MR) is 71.8 cm³/mol. The number of nitrogens with zero attached hydrogens (tertiary/aromatic N) is 4. The molecule has 0 spiro atoms. The average Bonchev–Trinajstić information content (AvgIpc) is 2.38. The lowest BCUT2D eigenvalue weighted by molar-refractivity contribution is -0.138. The van der Waals surface area contributed by atoms with Gasteiger partial charge in [-0.2, -0.15) is 26.3 Å². The van der Waals surface area contributed by atoms with Crippen LogP contribution in [0.25, 0.3) is 0 Å². The fourth-order valence-corrected chi connectivity index (χ4v) is 1.29. The van der Waals surface area contributed by atoms with E-state index in [4.69, 9.17) is 11.6 Å². The van der Waals surface area contributed by atoms with E-state index >= 15 is 0 Å². The van der Waals surface area contributed by atoms with Crippen LogP contribution in [0, 0.1) is 3.83 Å². The minimum Gasteiger partial charge on any atom is -0.231 e. The summed E-state index contributed by atoms with van der Waals surface area (Å²) in [7, 11) is 0. The second kappa shape index (κ2) is 7.35. The first-order valence-corrected chi connectivity index (χ1v) is 6.55. The summed E-state index contributed by atoms with van der Waals surface area (Å²) in [5, 5.41) is -0.196. The van der Waals surface area contributed by atoms with Crippen molar-refractivity contribution in [3.05, 3.63) is 45.0 Å². The first kappa shape index (κ1) is 18.8. The van der Waals surface area contributed by atoms with Crippen LogP contribution >= 0.6 is 34.2 Å². The normalized spacial score (nSPS) is 11.6. The van der Waals surface area contributed by atoms with Gasteiger partial charge in [-0.05, 0) is 11.6 Å². The molecule has 0 aliphatic rings. The molecule has 12 heteroatoms. The molecule has 2 aromatic rings. The Bertz CT molecular complexity index is 543. The van der Waals surface area contributed by atoms with Gasteiger partial charge in [-0.1, -0.05) is 0 Å². The molecule has 0 unspecified atom stereocenters. The molecule has 0 atom stereocenters. The van der Waals surface area contributed by atoms with Crippen LogP contribution in [0.1, 0.15) is 11.1 Å². The van der Waals surface area contributed by atoms with Gasteiger partial charge in [0.25, 0.3) is 0 Å². The summed E-state index contributed by atoms with van der Waals surface area (Å²) in [6.07, 6.45) is -5.96. The van der Waals surface area contributed by atoms with Gasteiger partial charge in [-0.15, -0.1) is 0 Å². The summed E-state index contributed by atoms with van der Waals surface area (Å²) in [5.74, 6) is 0. The molecular formula is C10H4ClF6IN4. The van der Waals surface area contributed by atoms with Crippen molar-refractivity contribution < 1.29 is 26.3 Å². The number of alkyl halides is 6. The molecule has 0 saturated heterocycles. The molecule has 0 saturated carbocycles. The topological polar surface area (TPSA) is 51.6 Å². The highest BCUT2D eigenvalue weighted by atomic mass is 127. The second-order valence-corrected chi connectivity index (χ2v) is 4.78. The Morgan fingerprint density at radius 3 is 1.36 bits per heavy atom. The largest absolute Gasteiger partial charge is 0.419 e. The summed E-state index contributed by atoms with van der Waals surface area (Å²) < 4.78 is 71.2. The highest BCUT2D eigenvalue weighted by Gasteiger charge is 2.31. The van der Waals surface area contributed by atoms with Crippen molar-refractivity contribution in [2.45, 2.75) is 12.4 Å². The Balaban J connectivity index is 0.000000220. The number of hydrogen-bond donors (Lipinski definition) is 0. The minimum absolute atomic E-state index is 0.196. The zero-order valence-corrected chi connectivity index (χ0v) is 13.0. The fourth-order valence-electron chi connectivity index (χ4n) is 0.917. The number of hydrogen-bond acceptors (Lipinski definition) is 4. The van der Waals surface area contributed by atoms with Gasteiger partial charge in [0.05, 0.1) is 11.1 Å². The summed E-state index contributed by atoms with van der Waals surface area (Å²) >= 11 is 6.91. The third-order valence-corrected chi connectivity index (χ3v) is 2.65. The summed E-state index contributed by atoms with van der Waals surface area (Å²) in [6, 6.07) is 0. The molecule has 0 aliphatic heterocycles. The Hall–Kier alpha value is -1.24. The SMILES string of the molecule is FC(F)(F)c1cnc(Cl)nc1.FC(F)(F)c1cnc(I)nc1. The van der Waals surface area contributed by atoms with Crippen molar-refractivity contribution >= 4 is 34.2 Å². The summed E-state index contributed by atoms with van der Waals surface area (Å²) in [6.45, 7) is 0. The molecular weight excluding hydrogens is 452 g/mol. The first-order chi connectivity index (χ1) is 10.00. The molecule has 22 heavy (non-hydrogen) atoms. The molecule has 2 rings (SSSR count). The minimum atomic E-state index is -4.40. The molecule has 2 aromatic heterocycles. The van der Waals surface area contributed by atoms with Crippen LogP contribution in [-0.4, -0.2) is 19.9 Å². The van der Waals surface area contributed by atoms with Crippen molar-refractivity contribution in [3.63, 3.8) is 0 Å². The predicted octanol–water partition coefficient (Wildman–Crippen LogP) is 4.25. The van der Waals surface area contributed by atoms with E-state index in [0.717, 1.165) is 12.4 Å². The monoisotopic (exact) mass is 456 g/mol. The van der Waals surface area contributed by atoms with Crippen molar-refractivity contribution in [2.75, 3.05) is 0 Å². The van der Waals surface area contributed by atoms with Crippen molar-refractivity contribution in [1.29, 1.82) is 0 Å². The quantitative estimate of drug-likeness (QED) is 0.338. The molecule has 0 N–H and O–H groups in total. The third-order valence-electron chi connectivity index (χ3n) is 1.90. The van der Waals surface area contributed by atoms with Crippen molar-refractivity contribution in [2.24, 2.45) is 0 Å². The van der Waals surface area contributed by atoms with E-state index in [1.807, 2.05) is 0 Å². The first-order valence-electron chi connectivity index (χ1n) is 5.09. The van der Waals surface area contributed by atoms with Gasteiger partial charge < -0.3 is 0 Å². The maximum Gasteiger partial charge on any atom is 0.419 e. The molecule has 0 bridgehead atoms. The molecule has 0 aliphatic carbocycles. The van der Waals surface area contributed by atoms with Crippen LogP contribution in [-0.2, 0) is 12.4 Å². The van der Waals surface area contributed by atoms with Crippen LogP contribution in [0.3, 0.4) is 0 Å². The van der Waals surface area contributed by atoms with Crippen LogP contribution in [0.2, 0.25) is 5.28 Å². The van der Waals surface area contributed by atoms with Gasteiger partial charge in [0.2, 0.25) is 5.28 Å². The Labute approximate surface area is 138 Å². The van der Waals surface area contributed by atoms with E-state index in [2.05, 4.69) is 19.9 Å². The van der Waals surface area contributed by atoms with Gasteiger partial charge in [0.15, 0.2) is 3.83 Å². The summed E-state index contributed by atoms with van der Waals surface area (Å²) in [5.41, 5.74) is -1.72. The van der Waals surface area contributed by atoms with Gasteiger partial charge in [0, 0.05) is 47.4 Å². The highest BCUT2D eigenvalue weighted by Crippen LogP contribution is 2.28. The van der Waals surface area contributed by atoms with E-state index in [1.54, 1.807) is 22.6 Å². The maximum atomic E-state index is 11.8. The fraction of sp³-hybridized carbons (Fsp3) is 0.200. The number of rotatable bonds is 0. The molecule has 2 heterocycles. The van der Waals surface area contributed by atoms with Crippen molar-refractivity contribution in [1.82, 2.24) is 19.9 Å². The second-order valence-electron chi connectivity index (χ2n) is 3.48. The molecule has 120 valence electrons. The third kappa shape index (κ3) is 6.25. The average molecular weight is 457 g/mol. The molecule has 0 radical (unpaired) electrons. The molecule has 0 aromatic carbocycles. The Kier molecular flexibility index (Phi) is 6.28. The van der Waals surface area contributed by atoms with E-state index in [0.29, 0.717) is 16.2 Å². The smallest absolute Gasteiger partial charge is 0.231 e. The lowest BCUT2D eigenvalue weighted by Crippen LogP contribution is -2.06. The highest BCUT2D eigenvalue weighted by molar-refractivity contribution is 14.1. The van der Waals surface area contributed by atoms with E-state index in [9.17, 15) is 26.3 Å². The zero-order chi connectivity index (χ0) is 17.0. The van der Waals surface area contributed by atoms with Crippen LogP contribution in [0.5, 0.6) is 0 Å². The van der Waals surface area contributed by atoms with Gasteiger partial charge in [-0.25, -0.2) is 19.9 Å². The Morgan fingerprint density at radius 2 is 1.05 bits per heavy atom. The van der Waals surface area contributed by atoms with E-state index in [-0.39, 0.29) is 5.28 Å². The lowest BCUT2D eigenvalue weighted by atomic mass is 10.3. The van der Waals surface area contributed by atoms with E-state index < -0.39 is 23.5 Å². The van der Waals surface area contributed by atoms with Crippen LogP contribution in [0.15, 0.2) is 24.8 Å². The van der Waals surface area contributed by atoms with E-state index in [1.165, 1.54) is 0 Å². The van der Waals surface area contributed by atoms with Crippen molar-refractivity contribution in [3.8, 4) is 0 Å². The number of aromatic nitrogens is 4. The number of halogens is 8. The molecule has 4 nitrogen and oxygen atoms in total.